The number of anilines is 1. The molecule has 6 heteroatoms. The zero-order valence-electron chi connectivity index (χ0n) is 12.4. The van der Waals surface area contributed by atoms with Crippen molar-refractivity contribution in [2.24, 2.45) is 0 Å². The van der Waals surface area contributed by atoms with Crippen molar-refractivity contribution in [1.29, 1.82) is 0 Å². The maximum Gasteiger partial charge on any atom is 0.249 e. The van der Waals surface area contributed by atoms with E-state index in [0.717, 1.165) is 0 Å². The van der Waals surface area contributed by atoms with Gasteiger partial charge in [0.05, 0.1) is 6.54 Å². The highest BCUT2D eigenvalue weighted by Gasteiger charge is 2.31. The average molecular weight is 293 g/mol. The smallest absolute Gasteiger partial charge is 0.249 e. The lowest BCUT2D eigenvalue weighted by Gasteiger charge is -2.35. The van der Waals surface area contributed by atoms with Gasteiger partial charge in [-0.25, -0.2) is 4.39 Å². The van der Waals surface area contributed by atoms with Crippen LogP contribution in [0.15, 0.2) is 18.2 Å². The lowest BCUT2D eigenvalue weighted by atomic mass is 10.1. The molecule has 2 N–H and O–H groups in total. The van der Waals surface area contributed by atoms with Crippen molar-refractivity contribution in [2.75, 3.05) is 11.4 Å². The quantitative estimate of drug-likeness (QED) is 0.818. The van der Waals surface area contributed by atoms with Crippen molar-refractivity contribution < 1.29 is 14.0 Å². The fraction of sp³-hybridized carbons (Fsp3) is 0.467. The normalized spacial score (nSPS) is 19.1. The van der Waals surface area contributed by atoms with Crippen LogP contribution in [0.5, 0.6) is 0 Å². The Kier molecular flexibility index (Phi) is 4.57. The molecule has 1 atom stereocenters. The summed E-state index contributed by atoms with van der Waals surface area (Å²) in [5.74, 6) is -1.07. The number of halogens is 1. The molecule has 2 rings (SSSR count). The Bertz CT molecular complexity index is 560. The summed E-state index contributed by atoms with van der Waals surface area (Å²) in [6, 6.07) is 4.41. The Morgan fingerprint density at radius 2 is 2.14 bits per heavy atom. The maximum atomic E-state index is 14.1. The Morgan fingerprint density at radius 3 is 2.81 bits per heavy atom. The number of nitrogens with zero attached hydrogens (tertiary/aromatic N) is 1. The molecule has 0 aliphatic carbocycles. The zero-order valence-corrected chi connectivity index (χ0v) is 12.4. The molecule has 1 aromatic rings. The summed E-state index contributed by atoms with van der Waals surface area (Å²) in [5.41, 5.74) is 1.06. The molecule has 2 amide bonds. The van der Waals surface area contributed by atoms with Gasteiger partial charge in [-0.2, -0.15) is 0 Å². The Labute approximate surface area is 123 Å². The minimum Gasteiger partial charge on any atom is -0.350 e. The molecule has 1 fully saturated rings. The van der Waals surface area contributed by atoms with E-state index in [1.165, 1.54) is 6.07 Å². The predicted molar refractivity (Wildman–Crippen MR) is 78.3 cm³/mol. The van der Waals surface area contributed by atoms with Crippen LogP contribution in [0, 0.1) is 5.82 Å². The van der Waals surface area contributed by atoms with Gasteiger partial charge < -0.3 is 10.2 Å². The number of imide groups is 1. The van der Waals surface area contributed by atoms with Crippen LogP contribution >= 0.6 is 0 Å². The molecule has 1 aliphatic rings. The topological polar surface area (TPSA) is 61.4 Å². The summed E-state index contributed by atoms with van der Waals surface area (Å²) in [4.78, 5) is 25.0. The van der Waals surface area contributed by atoms with Crippen LogP contribution in [0.1, 0.15) is 26.3 Å². The van der Waals surface area contributed by atoms with E-state index in [1.54, 1.807) is 24.0 Å². The highest BCUT2D eigenvalue weighted by Crippen LogP contribution is 2.26. The lowest BCUT2D eigenvalue weighted by molar-refractivity contribution is -0.132. The molecule has 0 bridgehead atoms. The largest absolute Gasteiger partial charge is 0.350 e. The fourth-order valence-electron chi connectivity index (χ4n) is 2.31. The summed E-state index contributed by atoms with van der Waals surface area (Å²) >= 11 is 0. The molecular formula is C15H20FN3O2. The molecule has 114 valence electrons. The van der Waals surface area contributed by atoms with Gasteiger partial charge in [0.25, 0.3) is 0 Å². The number of rotatable bonds is 4. The van der Waals surface area contributed by atoms with Crippen molar-refractivity contribution in [3.8, 4) is 0 Å². The van der Waals surface area contributed by atoms with Crippen LogP contribution in [0.3, 0.4) is 0 Å². The molecule has 1 unspecified atom stereocenters. The standard InChI is InChI=1S/C15H20FN3O2/c1-9(2)17-7-11-12(16)5-4-6-13(11)19-8-14(20)18-15(21)10(19)3/h4-6,9-10,17H,7-8H2,1-3H3,(H,18,20,21). The molecule has 1 aromatic carbocycles. The minimum absolute atomic E-state index is 0.0467. The SMILES string of the molecule is CC(C)NCc1c(F)cccc1N1CC(=O)NC(=O)C1C. The first kappa shape index (κ1) is 15.4. The highest BCUT2D eigenvalue weighted by atomic mass is 19.1. The summed E-state index contributed by atoms with van der Waals surface area (Å²) in [6.45, 7) is 6.04. The summed E-state index contributed by atoms with van der Waals surface area (Å²) in [6.07, 6.45) is 0. The van der Waals surface area contributed by atoms with E-state index in [9.17, 15) is 14.0 Å². The number of amides is 2. The van der Waals surface area contributed by atoms with Crippen molar-refractivity contribution in [3.63, 3.8) is 0 Å². The summed E-state index contributed by atoms with van der Waals surface area (Å²) in [7, 11) is 0. The number of carbonyl (C=O) groups is 2. The summed E-state index contributed by atoms with van der Waals surface area (Å²) in [5, 5.41) is 5.45. The first-order valence-corrected chi connectivity index (χ1v) is 7.01. The number of carbonyl (C=O) groups excluding carboxylic acids is 2. The first-order chi connectivity index (χ1) is 9.90. The van der Waals surface area contributed by atoms with Crippen LogP contribution in [0.25, 0.3) is 0 Å². The average Bonchev–Trinajstić information content (AvgIpc) is 2.41. The first-order valence-electron chi connectivity index (χ1n) is 7.01. The molecule has 21 heavy (non-hydrogen) atoms. The molecule has 1 saturated heterocycles. The molecular weight excluding hydrogens is 273 g/mol. The molecule has 0 saturated carbocycles. The monoisotopic (exact) mass is 293 g/mol. The van der Waals surface area contributed by atoms with E-state index in [-0.39, 0.29) is 30.2 Å². The van der Waals surface area contributed by atoms with Gasteiger partial charge >= 0.3 is 0 Å². The number of benzene rings is 1. The third kappa shape index (κ3) is 3.39. The van der Waals surface area contributed by atoms with Crippen LogP contribution in [0.2, 0.25) is 0 Å². The predicted octanol–water partition coefficient (Wildman–Crippen LogP) is 1.18. The van der Waals surface area contributed by atoms with Crippen LogP contribution < -0.4 is 15.5 Å². The Morgan fingerprint density at radius 1 is 1.43 bits per heavy atom. The second-order valence-electron chi connectivity index (χ2n) is 5.49. The van der Waals surface area contributed by atoms with Gasteiger partial charge in [-0.3, -0.25) is 14.9 Å². The Balaban J connectivity index is 2.35. The summed E-state index contributed by atoms with van der Waals surface area (Å²) < 4.78 is 14.1. The number of hydrogen-bond acceptors (Lipinski definition) is 4. The van der Waals surface area contributed by atoms with E-state index >= 15 is 0 Å². The molecule has 0 spiro atoms. The molecule has 1 aliphatic heterocycles. The van der Waals surface area contributed by atoms with Gasteiger partial charge in [0.2, 0.25) is 11.8 Å². The van der Waals surface area contributed by atoms with Gasteiger partial charge in [-0.05, 0) is 19.1 Å². The number of piperazine rings is 1. The lowest BCUT2D eigenvalue weighted by Crippen LogP contribution is -2.57. The third-order valence-electron chi connectivity index (χ3n) is 3.51. The van der Waals surface area contributed by atoms with Crippen LogP contribution in [-0.2, 0) is 16.1 Å². The molecule has 5 nitrogen and oxygen atoms in total. The second kappa shape index (κ2) is 6.22. The van der Waals surface area contributed by atoms with Gasteiger partial charge in [0.1, 0.15) is 11.9 Å². The van der Waals surface area contributed by atoms with Gasteiger partial charge in [-0.15, -0.1) is 0 Å². The number of nitrogens with one attached hydrogen (secondary N) is 2. The van der Waals surface area contributed by atoms with Gasteiger partial charge in [0, 0.05) is 23.8 Å². The van der Waals surface area contributed by atoms with Crippen LogP contribution in [0.4, 0.5) is 10.1 Å². The molecule has 0 radical (unpaired) electrons. The van der Waals surface area contributed by atoms with Crippen LogP contribution in [-0.4, -0.2) is 30.4 Å². The molecule has 1 heterocycles. The molecule has 0 aromatic heterocycles. The third-order valence-corrected chi connectivity index (χ3v) is 3.51. The van der Waals surface area contributed by atoms with Gasteiger partial charge in [0.15, 0.2) is 0 Å². The van der Waals surface area contributed by atoms with E-state index in [0.29, 0.717) is 17.8 Å². The van der Waals surface area contributed by atoms with E-state index in [1.807, 2.05) is 13.8 Å². The number of hydrogen-bond donors (Lipinski definition) is 2. The Hall–Kier alpha value is -1.95. The second-order valence-corrected chi connectivity index (χ2v) is 5.49. The fourth-order valence-corrected chi connectivity index (χ4v) is 2.31. The maximum absolute atomic E-state index is 14.1. The highest BCUT2D eigenvalue weighted by molar-refractivity contribution is 6.04. The minimum atomic E-state index is -0.512. The van der Waals surface area contributed by atoms with Crippen molar-refractivity contribution in [3.05, 3.63) is 29.6 Å². The van der Waals surface area contributed by atoms with Crippen molar-refractivity contribution >= 4 is 17.5 Å². The van der Waals surface area contributed by atoms with Crippen molar-refractivity contribution in [2.45, 2.75) is 39.4 Å². The zero-order chi connectivity index (χ0) is 15.6. The van der Waals surface area contributed by atoms with E-state index < -0.39 is 6.04 Å². The van der Waals surface area contributed by atoms with Gasteiger partial charge in [-0.1, -0.05) is 19.9 Å². The van der Waals surface area contributed by atoms with E-state index in [4.69, 9.17) is 0 Å². The van der Waals surface area contributed by atoms with E-state index in [2.05, 4.69) is 10.6 Å². The van der Waals surface area contributed by atoms with Crippen molar-refractivity contribution in [1.82, 2.24) is 10.6 Å².